The Labute approximate surface area is 131 Å². The molecule has 0 aliphatic carbocycles. The van der Waals surface area contributed by atoms with E-state index in [9.17, 15) is 4.79 Å². The molecule has 0 fully saturated rings. The number of carbonyl (C=O) groups excluding carboxylic acids is 1. The Bertz CT molecular complexity index is 586. The van der Waals surface area contributed by atoms with Crippen LogP contribution in [0.3, 0.4) is 0 Å². The van der Waals surface area contributed by atoms with E-state index in [2.05, 4.69) is 37.7 Å². The predicted molar refractivity (Wildman–Crippen MR) is 86.5 cm³/mol. The van der Waals surface area contributed by atoms with Crippen LogP contribution in [0.1, 0.15) is 15.2 Å². The molecular weight excluding hydrogens is 338 g/mol. The lowest BCUT2D eigenvalue weighted by atomic mass is 10.2. The Balaban J connectivity index is 2.08. The number of rotatable bonds is 5. The Morgan fingerprint density at radius 1 is 1.55 bits per heavy atom. The first kappa shape index (κ1) is 15.0. The highest BCUT2D eigenvalue weighted by Crippen LogP contribution is 2.19. The number of amides is 1. The number of aromatic nitrogens is 1. The molecule has 2 aromatic rings. The summed E-state index contributed by atoms with van der Waals surface area (Å²) < 4.78 is 0.798. The fourth-order valence-electron chi connectivity index (χ4n) is 1.84. The van der Waals surface area contributed by atoms with Gasteiger partial charge in [0.25, 0.3) is 5.91 Å². The normalized spacial score (nSPS) is 10.3. The molecule has 0 atom stereocenters. The fraction of sp³-hybridized carbons (Fsp3) is 0.286. The van der Waals surface area contributed by atoms with Crippen LogP contribution in [0.25, 0.3) is 0 Å². The summed E-state index contributed by atoms with van der Waals surface area (Å²) in [6, 6.07) is 5.91. The lowest BCUT2D eigenvalue weighted by Gasteiger charge is -2.18. The number of hydrogen-bond donors (Lipinski definition) is 1. The summed E-state index contributed by atoms with van der Waals surface area (Å²) >= 11 is 5.07. The van der Waals surface area contributed by atoms with E-state index >= 15 is 0 Å². The van der Waals surface area contributed by atoms with Crippen molar-refractivity contribution < 1.29 is 4.79 Å². The third kappa shape index (κ3) is 3.58. The van der Waals surface area contributed by atoms with Crippen LogP contribution < -0.4 is 5.32 Å². The second-order valence-corrected chi connectivity index (χ2v) is 6.30. The number of halogens is 1. The molecule has 0 aliphatic heterocycles. The van der Waals surface area contributed by atoms with Gasteiger partial charge >= 0.3 is 0 Å². The van der Waals surface area contributed by atoms with Crippen LogP contribution in [0.5, 0.6) is 0 Å². The van der Waals surface area contributed by atoms with Gasteiger partial charge in [-0.25, -0.2) is 4.98 Å². The second-order valence-electron chi connectivity index (χ2n) is 4.36. The molecule has 106 valence electrons. The largest absolute Gasteiger partial charge is 0.372 e. The van der Waals surface area contributed by atoms with E-state index in [-0.39, 0.29) is 5.91 Å². The number of likely N-dealkylation sites (N-methyl/N-ethyl adjacent to an activating group) is 1. The average molecular weight is 354 g/mol. The Kier molecular flexibility index (Phi) is 5.14. The summed E-state index contributed by atoms with van der Waals surface area (Å²) in [6.45, 7) is 0.689. The van der Waals surface area contributed by atoms with Crippen molar-refractivity contribution in [3.63, 3.8) is 0 Å². The maximum atomic E-state index is 12.5. The maximum absolute atomic E-state index is 12.5. The van der Waals surface area contributed by atoms with Gasteiger partial charge in [0.15, 0.2) is 0 Å². The van der Waals surface area contributed by atoms with Gasteiger partial charge in [-0.1, -0.05) is 6.07 Å². The van der Waals surface area contributed by atoms with E-state index in [1.807, 2.05) is 13.1 Å². The molecule has 0 radical (unpaired) electrons. The zero-order valence-electron chi connectivity index (χ0n) is 11.4. The highest BCUT2D eigenvalue weighted by Gasteiger charge is 2.17. The van der Waals surface area contributed by atoms with Gasteiger partial charge in [-0.3, -0.25) is 4.79 Å². The highest BCUT2D eigenvalue weighted by molar-refractivity contribution is 9.10. The molecule has 2 aromatic heterocycles. The number of thiophene rings is 1. The number of nitrogens with one attached hydrogen (secondary N) is 1. The monoisotopic (exact) mass is 353 g/mol. The lowest BCUT2D eigenvalue weighted by molar-refractivity contribution is 0.0797. The summed E-state index contributed by atoms with van der Waals surface area (Å²) in [5, 5.41) is 5.00. The van der Waals surface area contributed by atoms with Gasteiger partial charge in [-0.2, -0.15) is 0 Å². The second kappa shape index (κ2) is 6.85. The van der Waals surface area contributed by atoms with Gasteiger partial charge < -0.3 is 10.2 Å². The first-order chi connectivity index (χ1) is 9.61. The Morgan fingerprint density at radius 2 is 2.35 bits per heavy atom. The van der Waals surface area contributed by atoms with Crippen molar-refractivity contribution in [3.05, 3.63) is 44.7 Å². The van der Waals surface area contributed by atoms with Crippen LogP contribution in [0.4, 0.5) is 5.82 Å². The van der Waals surface area contributed by atoms with Gasteiger partial charge in [-0.05, 0) is 39.9 Å². The minimum absolute atomic E-state index is 0.0280. The topological polar surface area (TPSA) is 45.2 Å². The highest BCUT2D eigenvalue weighted by atomic mass is 79.9. The average Bonchev–Trinajstić information content (AvgIpc) is 2.97. The first-order valence-corrected chi connectivity index (χ1v) is 7.90. The summed E-state index contributed by atoms with van der Waals surface area (Å²) in [4.78, 5) is 19.7. The fourth-order valence-corrected chi connectivity index (χ4v) is 2.87. The van der Waals surface area contributed by atoms with Crippen molar-refractivity contribution in [2.75, 3.05) is 26.0 Å². The molecule has 0 unspecified atom stereocenters. The molecule has 1 N–H and O–H groups in total. The molecule has 2 heterocycles. The van der Waals surface area contributed by atoms with Crippen LogP contribution in [-0.2, 0) is 6.42 Å². The Hall–Kier alpha value is -1.40. The number of nitrogens with zero attached hydrogens (tertiary/aromatic N) is 2. The maximum Gasteiger partial charge on any atom is 0.257 e. The van der Waals surface area contributed by atoms with E-state index in [0.717, 1.165) is 10.9 Å². The van der Waals surface area contributed by atoms with Crippen LogP contribution in [-0.4, -0.2) is 36.4 Å². The third-order valence-electron chi connectivity index (χ3n) is 2.94. The van der Waals surface area contributed by atoms with E-state index in [1.54, 1.807) is 35.5 Å². The van der Waals surface area contributed by atoms with Gasteiger partial charge in [0.05, 0.1) is 5.56 Å². The molecule has 4 nitrogen and oxygen atoms in total. The van der Waals surface area contributed by atoms with Gasteiger partial charge in [0.1, 0.15) is 5.82 Å². The number of hydrogen-bond acceptors (Lipinski definition) is 4. The zero-order chi connectivity index (χ0) is 14.5. The van der Waals surface area contributed by atoms with Crippen molar-refractivity contribution in [2.24, 2.45) is 0 Å². The van der Waals surface area contributed by atoms with Gasteiger partial charge in [-0.15, -0.1) is 11.3 Å². The molecule has 0 saturated heterocycles. The molecule has 0 spiro atoms. The van der Waals surface area contributed by atoms with Crippen molar-refractivity contribution in [1.82, 2.24) is 9.88 Å². The SMILES string of the molecule is CNc1ncc(Br)cc1C(=O)N(C)CCc1cccs1. The van der Waals surface area contributed by atoms with Crippen molar-refractivity contribution in [2.45, 2.75) is 6.42 Å². The first-order valence-electron chi connectivity index (χ1n) is 6.23. The predicted octanol–water partition coefficient (Wildman–Crippen LogP) is 3.26. The quantitative estimate of drug-likeness (QED) is 0.897. The molecular formula is C14H16BrN3OS. The molecule has 6 heteroatoms. The molecule has 2 rings (SSSR count). The van der Waals surface area contributed by atoms with Gasteiger partial charge in [0, 0.05) is 36.2 Å². The zero-order valence-corrected chi connectivity index (χ0v) is 13.8. The third-order valence-corrected chi connectivity index (χ3v) is 4.31. The van der Waals surface area contributed by atoms with Crippen molar-refractivity contribution in [1.29, 1.82) is 0 Å². The van der Waals surface area contributed by atoms with Crippen LogP contribution in [0, 0.1) is 0 Å². The molecule has 0 bridgehead atoms. The van der Waals surface area contributed by atoms with E-state index < -0.39 is 0 Å². The molecule has 0 aromatic carbocycles. The molecule has 20 heavy (non-hydrogen) atoms. The summed E-state index contributed by atoms with van der Waals surface area (Å²) in [7, 11) is 3.58. The van der Waals surface area contributed by atoms with Crippen LogP contribution >= 0.6 is 27.3 Å². The number of anilines is 1. The van der Waals surface area contributed by atoms with E-state index in [4.69, 9.17) is 0 Å². The standard InChI is InChI=1S/C14H16BrN3OS/c1-16-13-12(8-10(15)9-17-13)14(19)18(2)6-5-11-4-3-7-20-11/h3-4,7-9H,5-6H2,1-2H3,(H,16,17). The van der Waals surface area contributed by atoms with Crippen LogP contribution in [0.2, 0.25) is 0 Å². The lowest BCUT2D eigenvalue weighted by Crippen LogP contribution is -2.29. The molecule has 0 saturated carbocycles. The number of pyridine rings is 1. The van der Waals surface area contributed by atoms with E-state index in [1.165, 1.54) is 4.88 Å². The summed E-state index contributed by atoms with van der Waals surface area (Å²) in [6.07, 6.45) is 2.55. The minimum atomic E-state index is -0.0280. The molecule has 0 aliphatic rings. The smallest absolute Gasteiger partial charge is 0.257 e. The summed E-state index contributed by atoms with van der Waals surface area (Å²) in [5.41, 5.74) is 0.579. The van der Waals surface area contributed by atoms with E-state index in [0.29, 0.717) is 17.9 Å². The minimum Gasteiger partial charge on any atom is -0.372 e. The number of carbonyl (C=O) groups is 1. The van der Waals surface area contributed by atoms with Crippen molar-refractivity contribution >= 4 is 39.0 Å². The summed E-state index contributed by atoms with van der Waals surface area (Å²) in [5.74, 6) is 0.570. The van der Waals surface area contributed by atoms with Crippen LogP contribution in [0.15, 0.2) is 34.2 Å². The van der Waals surface area contributed by atoms with Gasteiger partial charge in [0.2, 0.25) is 0 Å². The molecule has 1 amide bonds. The Morgan fingerprint density at radius 3 is 3.00 bits per heavy atom. The van der Waals surface area contributed by atoms with Crippen molar-refractivity contribution in [3.8, 4) is 0 Å².